The van der Waals surface area contributed by atoms with Crippen LogP contribution in [-0.2, 0) is 29.1 Å². The molecule has 0 fully saturated rings. The van der Waals surface area contributed by atoms with Crippen LogP contribution < -0.4 is 0 Å². The van der Waals surface area contributed by atoms with E-state index in [1.165, 1.54) is 6.39 Å². The summed E-state index contributed by atoms with van der Waals surface area (Å²) in [5.41, 5.74) is -0.764. The molecule has 0 saturated heterocycles. The lowest BCUT2D eigenvalue weighted by Crippen LogP contribution is -2.21. The number of oxazole rings is 2. The van der Waals surface area contributed by atoms with Crippen molar-refractivity contribution in [1.82, 2.24) is 20.2 Å². The first-order valence-corrected chi connectivity index (χ1v) is 9.14. The van der Waals surface area contributed by atoms with Crippen molar-refractivity contribution in [3.8, 4) is 0 Å². The van der Waals surface area contributed by atoms with Gasteiger partial charge in [-0.3, -0.25) is 0 Å². The number of aromatic nitrogens is 4. The van der Waals surface area contributed by atoms with Crippen LogP contribution in [0.3, 0.4) is 0 Å². The van der Waals surface area contributed by atoms with Crippen LogP contribution in [0.25, 0.3) is 0 Å². The molecule has 0 spiro atoms. The molecule has 3 aromatic rings. The number of rotatable bonds is 6. The van der Waals surface area contributed by atoms with Gasteiger partial charge in [-0.1, -0.05) is 48.5 Å². The summed E-state index contributed by atoms with van der Waals surface area (Å²) < 4.78 is 17.3. The van der Waals surface area contributed by atoms with Crippen LogP contribution in [-0.4, -0.2) is 20.2 Å². The molecule has 0 bridgehead atoms. The van der Waals surface area contributed by atoms with Gasteiger partial charge >= 0.3 is 0 Å². The van der Waals surface area contributed by atoms with Gasteiger partial charge in [-0.2, -0.15) is 0 Å². The van der Waals surface area contributed by atoms with E-state index < -0.39 is 0 Å². The van der Waals surface area contributed by atoms with Crippen LogP contribution in [0, 0.1) is 0 Å². The molecule has 146 valence electrons. The third kappa shape index (κ3) is 4.28. The molecule has 3 rings (SSSR count). The molecule has 27 heavy (non-hydrogen) atoms. The van der Waals surface area contributed by atoms with E-state index in [-0.39, 0.29) is 16.2 Å². The van der Waals surface area contributed by atoms with Crippen LogP contribution in [0.2, 0.25) is 0 Å². The molecule has 3 aromatic heterocycles. The van der Waals surface area contributed by atoms with Crippen molar-refractivity contribution in [2.75, 3.05) is 0 Å². The van der Waals surface area contributed by atoms with Gasteiger partial charge in [0.2, 0.25) is 17.7 Å². The van der Waals surface area contributed by atoms with Gasteiger partial charge in [-0.15, -0.1) is 10.2 Å². The molecule has 0 saturated carbocycles. The van der Waals surface area contributed by atoms with Crippen LogP contribution >= 0.6 is 0 Å². The fraction of sp³-hybridized carbons (Fsp3) is 0.600. The normalized spacial score (nSPS) is 13.3. The summed E-state index contributed by atoms with van der Waals surface area (Å²) >= 11 is 0. The summed E-state index contributed by atoms with van der Waals surface area (Å²) in [6.07, 6.45) is 6.19. The first-order chi connectivity index (χ1) is 12.5. The Labute approximate surface area is 159 Å². The SMILES string of the molecule is CC(C)(C)c1nnc(CC(C)(C)c2ncc(CC(C)(C)c3cnco3)o2)o1. The molecule has 7 heteroatoms. The predicted molar refractivity (Wildman–Crippen MR) is 99.5 cm³/mol. The number of nitrogens with zero attached hydrogens (tertiary/aromatic N) is 4. The number of hydrogen-bond donors (Lipinski definition) is 0. The Morgan fingerprint density at radius 3 is 2.15 bits per heavy atom. The predicted octanol–water partition coefficient (Wildman–Crippen LogP) is 4.38. The minimum Gasteiger partial charge on any atom is -0.448 e. The maximum Gasteiger partial charge on any atom is 0.221 e. The Kier molecular flexibility index (Phi) is 4.74. The fourth-order valence-electron chi connectivity index (χ4n) is 2.86. The molecule has 0 aromatic carbocycles. The van der Waals surface area contributed by atoms with E-state index >= 15 is 0 Å². The second-order valence-electron chi connectivity index (χ2n) is 9.37. The Balaban J connectivity index is 1.73. The van der Waals surface area contributed by atoms with Gasteiger partial charge in [0.1, 0.15) is 11.5 Å². The molecule has 0 radical (unpaired) electrons. The van der Waals surface area contributed by atoms with Crippen LogP contribution in [0.5, 0.6) is 0 Å². The molecule has 0 atom stereocenters. The quantitative estimate of drug-likeness (QED) is 0.634. The van der Waals surface area contributed by atoms with Crippen LogP contribution in [0.15, 0.2) is 32.0 Å². The highest BCUT2D eigenvalue weighted by atomic mass is 16.4. The van der Waals surface area contributed by atoms with Crippen molar-refractivity contribution in [1.29, 1.82) is 0 Å². The van der Waals surface area contributed by atoms with E-state index in [0.29, 0.717) is 30.5 Å². The average molecular weight is 372 g/mol. The van der Waals surface area contributed by atoms with E-state index in [1.54, 1.807) is 12.4 Å². The summed E-state index contributed by atoms with van der Waals surface area (Å²) in [7, 11) is 0. The third-order valence-electron chi connectivity index (χ3n) is 4.55. The second-order valence-corrected chi connectivity index (χ2v) is 9.37. The van der Waals surface area contributed by atoms with E-state index in [1.807, 2.05) is 20.8 Å². The molecule has 0 amide bonds. The lowest BCUT2D eigenvalue weighted by atomic mass is 9.86. The Morgan fingerprint density at radius 1 is 0.815 bits per heavy atom. The van der Waals surface area contributed by atoms with Gasteiger partial charge in [0.25, 0.3) is 0 Å². The fourth-order valence-corrected chi connectivity index (χ4v) is 2.86. The summed E-state index contributed by atoms with van der Waals surface area (Å²) in [6, 6.07) is 0. The number of hydrogen-bond acceptors (Lipinski definition) is 7. The molecule has 0 N–H and O–H groups in total. The van der Waals surface area contributed by atoms with E-state index in [4.69, 9.17) is 13.3 Å². The maximum absolute atomic E-state index is 6.07. The Bertz CT molecular complexity index is 883. The van der Waals surface area contributed by atoms with Crippen molar-refractivity contribution < 1.29 is 13.3 Å². The Hall–Kier alpha value is -2.44. The standard InChI is InChI=1S/C20H28N4O3/c1-18(2,3)16-24-23-15(27-16)9-20(6,7)17-22-10-13(26-17)8-19(4,5)14-11-21-12-25-14/h10-12H,8-9H2,1-7H3. The van der Waals surface area contributed by atoms with Crippen molar-refractivity contribution in [2.45, 2.75) is 77.6 Å². The summed E-state index contributed by atoms with van der Waals surface area (Å²) in [4.78, 5) is 8.51. The summed E-state index contributed by atoms with van der Waals surface area (Å²) in [6.45, 7) is 14.4. The minimum atomic E-state index is -0.365. The molecule has 0 aliphatic rings. The van der Waals surface area contributed by atoms with Crippen LogP contribution in [0.1, 0.15) is 77.7 Å². The largest absolute Gasteiger partial charge is 0.448 e. The van der Waals surface area contributed by atoms with Crippen molar-refractivity contribution in [3.05, 3.63) is 48.0 Å². The van der Waals surface area contributed by atoms with Gasteiger partial charge in [-0.05, 0) is 0 Å². The van der Waals surface area contributed by atoms with Crippen molar-refractivity contribution >= 4 is 0 Å². The smallest absolute Gasteiger partial charge is 0.221 e. The molecule has 0 unspecified atom stereocenters. The first kappa shape index (κ1) is 19.3. The van der Waals surface area contributed by atoms with Crippen molar-refractivity contribution in [2.24, 2.45) is 0 Å². The topological polar surface area (TPSA) is 91.0 Å². The lowest BCUT2D eigenvalue weighted by molar-refractivity contribution is 0.299. The van der Waals surface area contributed by atoms with Gasteiger partial charge < -0.3 is 13.3 Å². The molecular weight excluding hydrogens is 344 g/mol. The molecule has 3 heterocycles. The minimum absolute atomic E-state index is 0.169. The zero-order valence-corrected chi connectivity index (χ0v) is 17.2. The van der Waals surface area contributed by atoms with E-state index in [9.17, 15) is 0 Å². The molecule has 0 aliphatic carbocycles. The van der Waals surface area contributed by atoms with Gasteiger partial charge in [-0.25, -0.2) is 9.97 Å². The highest BCUT2D eigenvalue weighted by Gasteiger charge is 2.32. The van der Waals surface area contributed by atoms with Crippen molar-refractivity contribution in [3.63, 3.8) is 0 Å². The third-order valence-corrected chi connectivity index (χ3v) is 4.55. The molecule has 7 nitrogen and oxygen atoms in total. The molecule has 0 aliphatic heterocycles. The van der Waals surface area contributed by atoms with Gasteiger partial charge in [0, 0.05) is 29.1 Å². The van der Waals surface area contributed by atoms with Gasteiger partial charge in [0.05, 0.1) is 12.4 Å². The van der Waals surface area contributed by atoms with E-state index in [2.05, 4.69) is 47.9 Å². The summed E-state index contributed by atoms with van der Waals surface area (Å²) in [5, 5.41) is 8.35. The van der Waals surface area contributed by atoms with Gasteiger partial charge in [0.15, 0.2) is 6.39 Å². The molecular formula is C20H28N4O3. The maximum atomic E-state index is 6.07. The summed E-state index contributed by atoms with van der Waals surface area (Å²) in [5.74, 6) is 3.50. The lowest BCUT2D eigenvalue weighted by Gasteiger charge is -2.20. The first-order valence-electron chi connectivity index (χ1n) is 9.14. The average Bonchev–Trinajstić information content (AvgIpc) is 3.27. The van der Waals surface area contributed by atoms with E-state index in [0.717, 1.165) is 11.5 Å². The van der Waals surface area contributed by atoms with Crippen LogP contribution in [0.4, 0.5) is 0 Å². The monoisotopic (exact) mass is 372 g/mol. The highest BCUT2D eigenvalue weighted by Crippen LogP contribution is 2.32. The zero-order chi connectivity index (χ0) is 19.9. The highest BCUT2D eigenvalue weighted by molar-refractivity contribution is 5.14. The Morgan fingerprint density at radius 2 is 1.56 bits per heavy atom. The zero-order valence-electron chi connectivity index (χ0n) is 17.2. The second kappa shape index (κ2) is 6.62.